The third-order valence-corrected chi connectivity index (χ3v) is 4.06. The Morgan fingerprint density at radius 1 is 1.30 bits per heavy atom. The van der Waals surface area contributed by atoms with Gasteiger partial charge in [-0.05, 0) is 38.3 Å². The van der Waals surface area contributed by atoms with Gasteiger partial charge < -0.3 is 14.5 Å². The van der Waals surface area contributed by atoms with Crippen molar-refractivity contribution in [1.82, 2.24) is 5.32 Å². The molecule has 1 amide bonds. The molecule has 0 aliphatic heterocycles. The normalized spacial score (nSPS) is 12.2. The predicted molar refractivity (Wildman–Crippen MR) is 88.2 cm³/mol. The number of rotatable bonds is 6. The Kier molecular flexibility index (Phi) is 5.42. The highest BCUT2D eigenvalue weighted by Crippen LogP contribution is 2.26. The fourth-order valence-corrected chi connectivity index (χ4v) is 2.30. The Morgan fingerprint density at radius 3 is 2.74 bits per heavy atom. The molecule has 0 fully saturated rings. The van der Waals surface area contributed by atoms with Crippen LogP contribution in [0.15, 0.2) is 22.8 Å². The van der Waals surface area contributed by atoms with Gasteiger partial charge in [0.1, 0.15) is 5.58 Å². The molecule has 2 rings (SSSR count). The number of aryl methyl sites for hydroxylation is 2. The van der Waals surface area contributed by atoms with Gasteiger partial charge in [-0.2, -0.15) is 0 Å². The Labute approximate surface area is 136 Å². The Morgan fingerprint density at radius 2 is 2.04 bits per heavy atom. The lowest BCUT2D eigenvalue weighted by Crippen LogP contribution is -2.35. The first-order chi connectivity index (χ1) is 10.9. The van der Waals surface area contributed by atoms with E-state index in [-0.39, 0.29) is 25.0 Å². The van der Waals surface area contributed by atoms with Crippen LogP contribution in [0, 0.1) is 13.8 Å². The highest BCUT2D eigenvalue weighted by atomic mass is 16.5. The molecule has 1 aromatic carbocycles. The van der Waals surface area contributed by atoms with Crippen LogP contribution in [-0.4, -0.2) is 24.5 Å². The van der Waals surface area contributed by atoms with Crippen molar-refractivity contribution in [1.29, 1.82) is 0 Å². The minimum absolute atomic E-state index is 0.0743. The van der Waals surface area contributed by atoms with Crippen LogP contribution in [0.1, 0.15) is 37.0 Å². The summed E-state index contributed by atoms with van der Waals surface area (Å²) in [4.78, 5) is 23.5. The number of nitrogens with one attached hydrogen (secondary N) is 1. The van der Waals surface area contributed by atoms with Crippen LogP contribution in [0.5, 0.6) is 0 Å². The van der Waals surface area contributed by atoms with E-state index in [9.17, 15) is 9.59 Å². The molecule has 0 aliphatic carbocycles. The number of esters is 1. The van der Waals surface area contributed by atoms with E-state index in [1.807, 2.05) is 39.8 Å². The van der Waals surface area contributed by atoms with E-state index in [1.54, 1.807) is 6.26 Å². The number of ether oxygens (including phenoxy) is 1. The van der Waals surface area contributed by atoms with Crippen LogP contribution in [-0.2, 0) is 20.7 Å². The molecule has 5 heteroatoms. The van der Waals surface area contributed by atoms with Gasteiger partial charge in [0.2, 0.25) is 0 Å². The molecule has 0 aliphatic rings. The van der Waals surface area contributed by atoms with Crippen molar-refractivity contribution in [3.63, 3.8) is 0 Å². The molecule has 0 spiro atoms. The van der Waals surface area contributed by atoms with Gasteiger partial charge in [-0.25, -0.2) is 0 Å². The zero-order valence-corrected chi connectivity index (χ0v) is 14.1. The summed E-state index contributed by atoms with van der Waals surface area (Å²) >= 11 is 0. The summed E-state index contributed by atoms with van der Waals surface area (Å²) < 4.78 is 10.6. The number of hydrogen-bond donors (Lipinski definition) is 1. The van der Waals surface area contributed by atoms with Gasteiger partial charge in [0, 0.05) is 17.0 Å². The second-order valence-corrected chi connectivity index (χ2v) is 5.86. The summed E-state index contributed by atoms with van der Waals surface area (Å²) in [6.07, 6.45) is 2.50. The third kappa shape index (κ3) is 4.12. The standard InChI is InChI=1S/C18H23NO4/c1-5-12(3)19-16(20)10-22-17(21)8-14-9-23-18-13(4)11(2)6-7-15(14)18/h6-7,9,12H,5,8,10H2,1-4H3,(H,19,20)/t12-/m1/s1. The fraction of sp³-hybridized carbons (Fsp3) is 0.444. The van der Waals surface area contributed by atoms with Crippen molar-refractivity contribution in [2.45, 2.75) is 46.6 Å². The number of carbonyl (C=O) groups excluding carboxylic acids is 2. The summed E-state index contributed by atoms with van der Waals surface area (Å²) in [5.74, 6) is -0.721. The molecule has 0 saturated heterocycles. The summed E-state index contributed by atoms with van der Waals surface area (Å²) in [6, 6.07) is 4.02. The Balaban J connectivity index is 1.96. The minimum Gasteiger partial charge on any atom is -0.464 e. The number of carbonyl (C=O) groups is 2. The van der Waals surface area contributed by atoms with Crippen molar-refractivity contribution in [3.05, 3.63) is 35.1 Å². The van der Waals surface area contributed by atoms with E-state index >= 15 is 0 Å². The minimum atomic E-state index is -0.440. The van der Waals surface area contributed by atoms with Crippen LogP contribution in [0.3, 0.4) is 0 Å². The second kappa shape index (κ2) is 7.31. The number of benzene rings is 1. The Hall–Kier alpha value is -2.30. The zero-order chi connectivity index (χ0) is 17.0. The maximum atomic E-state index is 11.9. The Bertz CT molecular complexity index is 717. The van der Waals surface area contributed by atoms with Crippen molar-refractivity contribution in [2.24, 2.45) is 0 Å². The van der Waals surface area contributed by atoms with Gasteiger partial charge in [-0.3, -0.25) is 9.59 Å². The van der Waals surface area contributed by atoms with Crippen molar-refractivity contribution in [3.8, 4) is 0 Å². The van der Waals surface area contributed by atoms with Crippen LogP contribution < -0.4 is 5.32 Å². The first-order valence-corrected chi connectivity index (χ1v) is 7.83. The summed E-state index contributed by atoms with van der Waals surface area (Å²) in [7, 11) is 0. The first kappa shape index (κ1) is 17.1. The van der Waals surface area contributed by atoms with Crippen LogP contribution >= 0.6 is 0 Å². The van der Waals surface area contributed by atoms with Gasteiger partial charge in [0.15, 0.2) is 6.61 Å². The lowest BCUT2D eigenvalue weighted by Gasteiger charge is -2.11. The molecule has 1 N–H and O–H groups in total. The van der Waals surface area contributed by atoms with Gasteiger partial charge in [0.05, 0.1) is 12.7 Å². The fourth-order valence-electron chi connectivity index (χ4n) is 2.30. The SMILES string of the molecule is CC[C@@H](C)NC(=O)COC(=O)Cc1coc2c(C)c(C)ccc12. The first-order valence-electron chi connectivity index (χ1n) is 7.83. The van der Waals surface area contributed by atoms with Gasteiger partial charge >= 0.3 is 5.97 Å². The molecule has 1 heterocycles. The number of amides is 1. The molecule has 23 heavy (non-hydrogen) atoms. The van der Waals surface area contributed by atoms with Gasteiger partial charge in [-0.15, -0.1) is 0 Å². The van der Waals surface area contributed by atoms with Crippen LogP contribution in [0.25, 0.3) is 11.0 Å². The lowest BCUT2D eigenvalue weighted by molar-refractivity contribution is -0.148. The second-order valence-electron chi connectivity index (χ2n) is 5.86. The molecule has 2 aromatic rings. The molecule has 0 bridgehead atoms. The van der Waals surface area contributed by atoms with Crippen molar-refractivity contribution < 1.29 is 18.7 Å². The largest absolute Gasteiger partial charge is 0.464 e. The van der Waals surface area contributed by atoms with E-state index in [0.29, 0.717) is 0 Å². The van der Waals surface area contributed by atoms with Crippen molar-refractivity contribution in [2.75, 3.05) is 6.61 Å². The highest BCUT2D eigenvalue weighted by Gasteiger charge is 2.15. The van der Waals surface area contributed by atoms with E-state index in [4.69, 9.17) is 9.15 Å². The van der Waals surface area contributed by atoms with Gasteiger partial charge in [-0.1, -0.05) is 19.1 Å². The maximum Gasteiger partial charge on any atom is 0.310 e. The molecule has 0 unspecified atom stereocenters. The van der Waals surface area contributed by atoms with E-state index in [1.165, 1.54) is 0 Å². The summed E-state index contributed by atoms with van der Waals surface area (Å²) in [6.45, 7) is 7.63. The molecule has 1 aromatic heterocycles. The van der Waals surface area contributed by atoms with Crippen LogP contribution in [0.2, 0.25) is 0 Å². The number of furan rings is 1. The number of hydrogen-bond acceptors (Lipinski definition) is 4. The molecule has 0 radical (unpaired) electrons. The highest BCUT2D eigenvalue weighted by molar-refractivity contribution is 5.89. The summed E-state index contributed by atoms with van der Waals surface area (Å²) in [5, 5.41) is 3.66. The lowest BCUT2D eigenvalue weighted by atomic mass is 10.0. The molecule has 5 nitrogen and oxygen atoms in total. The predicted octanol–water partition coefficient (Wildman–Crippen LogP) is 3.05. The maximum absolute atomic E-state index is 11.9. The zero-order valence-electron chi connectivity index (χ0n) is 14.1. The third-order valence-electron chi connectivity index (χ3n) is 4.06. The molecule has 1 atom stereocenters. The average Bonchev–Trinajstić information content (AvgIpc) is 2.92. The smallest absolute Gasteiger partial charge is 0.310 e. The van der Waals surface area contributed by atoms with Crippen molar-refractivity contribution >= 4 is 22.8 Å². The monoisotopic (exact) mass is 317 g/mol. The average molecular weight is 317 g/mol. The van der Waals surface area contributed by atoms with E-state index in [2.05, 4.69) is 5.32 Å². The van der Waals surface area contributed by atoms with Gasteiger partial charge in [0.25, 0.3) is 5.91 Å². The molecule has 0 saturated carbocycles. The quantitative estimate of drug-likeness (QED) is 0.831. The van der Waals surface area contributed by atoms with E-state index in [0.717, 1.165) is 34.1 Å². The molecular formula is C18H23NO4. The topological polar surface area (TPSA) is 68.5 Å². The number of fused-ring (bicyclic) bond motifs is 1. The molecule has 124 valence electrons. The van der Waals surface area contributed by atoms with E-state index < -0.39 is 5.97 Å². The molecular weight excluding hydrogens is 294 g/mol. The van der Waals surface area contributed by atoms with Crippen LogP contribution in [0.4, 0.5) is 0 Å². The summed E-state index contributed by atoms with van der Waals surface area (Å²) in [5.41, 5.74) is 3.77.